The molecule has 172 valence electrons. The Morgan fingerprint density at radius 1 is 0.794 bits per heavy atom. The smallest absolute Gasteiger partial charge is 0.259 e. The molecule has 1 aliphatic rings. The fraction of sp³-hybridized carbons (Fsp3) is 0.241. The number of benzene rings is 3. The van der Waals surface area contributed by atoms with Crippen LogP contribution in [0.3, 0.4) is 0 Å². The van der Waals surface area contributed by atoms with Crippen LogP contribution in [0.5, 0.6) is 0 Å². The molecule has 0 saturated carbocycles. The minimum atomic E-state index is 0.0395. The van der Waals surface area contributed by atoms with Crippen molar-refractivity contribution < 1.29 is 0 Å². The molecule has 4 aromatic rings. The molecule has 0 radical (unpaired) electrons. The van der Waals surface area contributed by atoms with Crippen LogP contribution in [-0.2, 0) is 19.6 Å². The maximum atomic E-state index is 13.8. The quantitative estimate of drug-likeness (QED) is 0.412. The number of hydrogen-bond donors (Lipinski definition) is 0. The number of hydrogen-bond acceptors (Lipinski definition) is 4. The van der Waals surface area contributed by atoms with Crippen LogP contribution in [0.25, 0.3) is 0 Å². The van der Waals surface area contributed by atoms with Gasteiger partial charge in [-0.15, -0.1) is 0 Å². The molecule has 0 bridgehead atoms. The van der Waals surface area contributed by atoms with E-state index in [0.717, 1.165) is 29.1 Å². The number of anilines is 2. The largest absolute Gasteiger partial charge is 0.298 e. The number of fused-ring (bicyclic) bond motifs is 1. The van der Waals surface area contributed by atoms with Crippen molar-refractivity contribution in [3.05, 3.63) is 123 Å². The SMILES string of the molecule is Cc1ccc(CN2CN(c3cccc(C)c3)c3nc(C)c(Cc4ccccc4)c(=O)n3C2)cc1. The third kappa shape index (κ3) is 4.52. The first-order valence-corrected chi connectivity index (χ1v) is 11.7. The second kappa shape index (κ2) is 9.27. The van der Waals surface area contributed by atoms with Gasteiger partial charge in [0.15, 0.2) is 0 Å². The van der Waals surface area contributed by atoms with Crippen LogP contribution in [0.15, 0.2) is 83.7 Å². The van der Waals surface area contributed by atoms with Gasteiger partial charge in [-0.25, -0.2) is 4.98 Å². The molecule has 0 spiro atoms. The van der Waals surface area contributed by atoms with Crippen molar-refractivity contribution in [2.75, 3.05) is 11.6 Å². The lowest BCUT2D eigenvalue weighted by Crippen LogP contribution is -2.47. The van der Waals surface area contributed by atoms with Gasteiger partial charge in [0.05, 0.1) is 19.0 Å². The van der Waals surface area contributed by atoms with Gasteiger partial charge in [-0.05, 0) is 49.6 Å². The molecule has 0 amide bonds. The first-order valence-electron chi connectivity index (χ1n) is 11.7. The second-order valence-electron chi connectivity index (χ2n) is 9.24. The molecular formula is C29H30N4O. The Hall–Kier alpha value is -3.70. The van der Waals surface area contributed by atoms with Crippen LogP contribution in [0, 0.1) is 20.8 Å². The number of aryl methyl sites for hydroxylation is 3. The molecule has 2 heterocycles. The Morgan fingerprint density at radius 2 is 1.56 bits per heavy atom. The van der Waals surface area contributed by atoms with E-state index < -0.39 is 0 Å². The summed E-state index contributed by atoms with van der Waals surface area (Å²) in [5.74, 6) is 0.713. The molecule has 0 unspecified atom stereocenters. The summed E-state index contributed by atoms with van der Waals surface area (Å²) in [6.45, 7) is 8.08. The minimum Gasteiger partial charge on any atom is -0.298 e. The van der Waals surface area contributed by atoms with Crippen LogP contribution >= 0.6 is 0 Å². The Bertz CT molecular complexity index is 1360. The van der Waals surface area contributed by atoms with Crippen LogP contribution < -0.4 is 10.5 Å². The fourth-order valence-electron chi connectivity index (χ4n) is 4.58. The maximum absolute atomic E-state index is 13.8. The van der Waals surface area contributed by atoms with Crippen molar-refractivity contribution in [2.24, 2.45) is 0 Å². The Balaban J connectivity index is 1.57. The molecule has 3 aromatic carbocycles. The number of nitrogens with zero attached hydrogens (tertiary/aromatic N) is 4. The second-order valence-corrected chi connectivity index (χ2v) is 9.24. The Labute approximate surface area is 200 Å². The van der Waals surface area contributed by atoms with Gasteiger partial charge in [-0.2, -0.15) is 0 Å². The standard InChI is InChI=1S/C29H30N4O/c1-21-12-14-25(15-13-21)18-31-19-32(26-11-7-8-22(2)16-26)29-30-23(3)27(28(34)33(29)20-31)17-24-9-5-4-6-10-24/h4-16H,17-20H2,1-3H3. The molecule has 0 N–H and O–H groups in total. The zero-order valence-electron chi connectivity index (χ0n) is 20.0. The molecular weight excluding hydrogens is 420 g/mol. The maximum Gasteiger partial charge on any atom is 0.259 e. The monoisotopic (exact) mass is 450 g/mol. The molecule has 0 atom stereocenters. The van der Waals surface area contributed by atoms with Crippen LogP contribution in [0.2, 0.25) is 0 Å². The van der Waals surface area contributed by atoms with Gasteiger partial charge in [0, 0.05) is 24.2 Å². The molecule has 34 heavy (non-hydrogen) atoms. The first kappa shape index (κ1) is 22.1. The van der Waals surface area contributed by atoms with E-state index in [1.165, 1.54) is 16.7 Å². The first-order chi connectivity index (χ1) is 16.5. The zero-order valence-corrected chi connectivity index (χ0v) is 20.0. The van der Waals surface area contributed by atoms with E-state index in [-0.39, 0.29) is 5.56 Å². The van der Waals surface area contributed by atoms with Gasteiger partial charge in [-0.3, -0.25) is 19.2 Å². The average molecular weight is 451 g/mol. The average Bonchev–Trinajstić information content (AvgIpc) is 2.84. The highest BCUT2D eigenvalue weighted by Crippen LogP contribution is 2.29. The summed E-state index contributed by atoms with van der Waals surface area (Å²) < 4.78 is 1.84. The van der Waals surface area contributed by atoms with Crippen LogP contribution in [0.4, 0.5) is 11.6 Å². The van der Waals surface area contributed by atoms with Crippen LogP contribution in [-0.4, -0.2) is 21.1 Å². The van der Waals surface area contributed by atoms with Gasteiger partial charge < -0.3 is 0 Å². The summed E-state index contributed by atoms with van der Waals surface area (Å²) in [7, 11) is 0. The van der Waals surface area contributed by atoms with Gasteiger partial charge in [0.1, 0.15) is 0 Å². The van der Waals surface area contributed by atoms with Gasteiger partial charge in [0.2, 0.25) is 5.95 Å². The highest BCUT2D eigenvalue weighted by Gasteiger charge is 2.28. The molecule has 5 nitrogen and oxygen atoms in total. The van der Waals surface area contributed by atoms with Crippen molar-refractivity contribution in [2.45, 2.75) is 40.4 Å². The van der Waals surface area contributed by atoms with Crippen molar-refractivity contribution in [1.29, 1.82) is 0 Å². The Kier molecular flexibility index (Phi) is 6.03. The van der Waals surface area contributed by atoms with Crippen LogP contribution in [0.1, 0.15) is 33.5 Å². The summed E-state index contributed by atoms with van der Waals surface area (Å²) in [5.41, 5.74) is 7.42. The highest BCUT2D eigenvalue weighted by molar-refractivity contribution is 5.59. The summed E-state index contributed by atoms with van der Waals surface area (Å²) in [6, 6.07) is 27.1. The fourth-order valence-corrected chi connectivity index (χ4v) is 4.58. The van der Waals surface area contributed by atoms with Gasteiger partial charge in [-0.1, -0.05) is 72.3 Å². The molecule has 5 heteroatoms. The summed E-state index contributed by atoms with van der Waals surface area (Å²) in [5, 5.41) is 0. The van der Waals surface area contributed by atoms with Crippen molar-refractivity contribution in [3.63, 3.8) is 0 Å². The third-order valence-corrected chi connectivity index (χ3v) is 6.44. The highest BCUT2D eigenvalue weighted by atomic mass is 16.1. The molecule has 0 saturated heterocycles. The molecule has 1 aromatic heterocycles. The molecule has 1 aliphatic heterocycles. The minimum absolute atomic E-state index is 0.0395. The van der Waals surface area contributed by atoms with E-state index in [4.69, 9.17) is 4.98 Å². The lowest BCUT2D eigenvalue weighted by Gasteiger charge is -2.38. The molecule has 0 aliphatic carbocycles. The van der Waals surface area contributed by atoms with E-state index in [2.05, 4.69) is 84.3 Å². The van der Waals surface area contributed by atoms with E-state index >= 15 is 0 Å². The van der Waals surface area contributed by atoms with E-state index in [1.807, 2.05) is 29.7 Å². The molecule has 0 fully saturated rings. The van der Waals surface area contributed by atoms with Crippen molar-refractivity contribution in [3.8, 4) is 0 Å². The topological polar surface area (TPSA) is 41.4 Å². The summed E-state index contributed by atoms with van der Waals surface area (Å²) >= 11 is 0. The summed E-state index contributed by atoms with van der Waals surface area (Å²) in [4.78, 5) is 23.2. The van der Waals surface area contributed by atoms with Gasteiger partial charge >= 0.3 is 0 Å². The lowest BCUT2D eigenvalue weighted by atomic mass is 10.1. The predicted octanol–water partition coefficient (Wildman–Crippen LogP) is 5.33. The predicted molar refractivity (Wildman–Crippen MR) is 137 cm³/mol. The number of aromatic nitrogens is 2. The van der Waals surface area contributed by atoms with Crippen molar-refractivity contribution >= 4 is 11.6 Å². The van der Waals surface area contributed by atoms with E-state index in [9.17, 15) is 4.79 Å². The van der Waals surface area contributed by atoms with E-state index in [0.29, 0.717) is 25.7 Å². The lowest BCUT2D eigenvalue weighted by molar-refractivity contribution is 0.189. The zero-order chi connectivity index (χ0) is 23.7. The van der Waals surface area contributed by atoms with Gasteiger partial charge in [0.25, 0.3) is 5.56 Å². The van der Waals surface area contributed by atoms with Crippen molar-refractivity contribution in [1.82, 2.24) is 14.5 Å². The normalized spacial score (nSPS) is 13.7. The Morgan fingerprint density at radius 3 is 2.29 bits per heavy atom. The van der Waals surface area contributed by atoms with E-state index in [1.54, 1.807) is 0 Å². The third-order valence-electron chi connectivity index (χ3n) is 6.44. The molecule has 5 rings (SSSR count). The summed E-state index contributed by atoms with van der Waals surface area (Å²) in [6.07, 6.45) is 0.585. The number of rotatable bonds is 5.